The minimum Gasteiger partial charge on any atom is -0.366 e. The lowest BCUT2D eigenvalue weighted by atomic mass is 10.2. The molecule has 0 saturated carbocycles. The summed E-state index contributed by atoms with van der Waals surface area (Å²) in [6.07, 6.45) is -0.451. The van der Waals surface area contributed by atoms with Crippen LogP contribution in [0.5, 0.6) is 0 Å². The lowest BCUT2D eigenvalue weighted by Crippen LogP contribution is -2.45. The van der Waals surface area contributed by atoms with Gasteiger partial charge < -0.3 is 15.4 Å². The Morgan fingerprint density at radius 2 is 2.09 bits per heavy atom. The fourth-order valence-corrected chi connectivity index (χ4v) is 2.58. The summed E-state index contributed by atoms with van der Waals surface area (Å²) in [5, 5.41) is 10.6. The molecule has 1 aliphatic heterocycles. The highest BCUT2D eigenvalue weighted by molar-refractivity contribution is 5.95. The van der Waals surface area contributed by atoms with E-state index in [1.807, 2.05) is 48.9 Å². The lowest BCUT2D eigenvalue weighted by Gasteiger charge is -2.22. The van der Waals surface area contributed by atoms with Crippen molar-refractivity contribution in [3.05, 3.63) is 41.7 Å². The number of hydrogen-bond acceptors (Lipinski definition) is 4. The molecule has 6 nitrogen and oxygen atoms in total. The molecule has 0 radical (unpaired) electrons. The Labute approximate surface area is 141 Å². The smallest absolute Gasteiger partial charge is 0.254 e. The van der Waals surface area contributed by atoms with Crippen molar-refractivity contribution in [3.63, 3.8) is 0 Å². The molecule has 1 amide bonds. The van der Waals surface area contributed by atoms with Crippen LogP contribution in [0.15, 0.2) is 30.3 Å². The fraction of sp³-hybridized carbons (Fsp3) is 0.375. The van der Waals surface area contributed by atoms with E-state index in [2.05, 4.69) is 15.7 Å². The maximum Gasteiger partial charge on any atom is 0.254 e. The standard InChI is InChI=1S/C16H20N4O2.ClH/c1-11-15(18-16(21)14-10-17-8-9-22-14)12(2)20(19-11)13-6-4-3-5-7-13;/h3-7,14,17H,8-10H2,1-2H3,(H,18,21);1H. The van der Waals surface area contributed by atoms with Crippen molar-refractivity contribution >= 4 is 24.0 Å². The SMILES string of the molecule is Cc1nn(-c2ccccc2)c(C)c1NC(=O)C1CNCCO1.Cl. The number of benzene rings is 1. The quantitative estimate of drug-likeness (QED) is 0.897. The molecule has 2 heterocycles. The number of aromatic nitrogens is 2. The van der Waals surface area contributed by atoms with Gasteiger partial charge in [-0.1, -0.05) is 18.2 Å². The maximum absolute atomic E-state index is 12.3. The summed E-state index contributed by atoms with van der Waals surface area (Å²) in [5.74, 6) is -0.133. The molecule has 0 aliphatic carbocycles. The second-order valence-corrected chi connectivity index (χ2v) is 5.35. The number of carbonyl (C=O) groups excluding carboxylic acids is 1. The van der Waals surface area contributed by atoms with E-state index in [1.54, 1.807) is 0 Å². The molecule has 1 aromatic carbocycles. The number of para-hydroxylation sites is 1. The Kier molecular flexibility index (Phi) is 5.76. The van der Waals surface area contributed by atoms with Crippen molar-refractivity contribution in [2.75, 3.05) is 25.0 Å². The average Bonchev–Trinajstić information content (AvgIpc) is 2.84. The summed E-state index contributed by atoms with van der Waals surface area (Å²) >= 11 is 0. The van der Waals surface area contributed by atoms with Crippen LogP contribution in [0.3, 0.4) is 0 Å². The Morgan fingerprint density at radius 1 is 1.35 bits per heavy atom. The third kappa shape index (κ3) is 3.72. The van der Waals surface area contributed by atoms with Gasteiger partial charge in [-0.2, -0.15) is 5.10 Å². The van der Waals surface area contributed by atoms with Gasteiger partial charge in [0.2, 0.25) is 0 Å². The topological polar surface area (TPSA) is 68.2 Å². The van der Waals surface area contributed by atoms with E-state index in [0.717, 1.165) is 29.3 Å². The van der Waals surface area contributed by atoms with Crippen molar-refractivity contribution in [1.29, 1.82) is 0 Å². The first-order valence-electron chi connectivity index (χ1n) is 7.41. The van der Waals surface area contributed by atoms with E-state index in [-0.39, 0.29) is 18.3 Å². The molecule has 2 N–H and O–H groups in total. The number of ether oxygens (including phenoxy) is 1. The normalized spacial score (nSPS) is 17.4. The van der Waals surface area contributed by atoms with Crippen LogP contribution in [0.4, 0.5) is 5.69 Å². The summed E-state index contributed by atoms with van der Waals surface area (Å²) in [4.78, 5) is 12.3. The fourth-order valence-electron chi connectivity index (χ4n) is 2.58. The van der Waals surface area contributed by atoms with Crippen molar-refractivity contribution in [3.8, 4) is 5.69 Å². The molecule has 7 heteroatoms. The molecular formula is C16H21ClN4O2. The van der Waals surface area contributed by atoms with Gasteiger partial charge in [-0.05, 0) is 26.0 Å². The summed E-state index contributed by atoms with van der Waals surface area (Å²) in [6, 6.07) is 9.86. The minimum absolute atomic E-state index is 0. The Hall–Kier alpha value is -1.89. The minimum atomic E-state index is -0.451. The number of amides is 1. The molecule has 23 heavy (non-hydrogen) atoms. The summed E-state index contributed by atoms with van der Waals surface area (Å²) in [5.41, 5.74) is 3.42. The predicted octanol–water partition coefficient (Wildman–Crippen LogP) is 1.84. The Balaban J connectivity index is 0.00000192. The van der Waals surface area contributed by atoms with Crippen molar-refractivity contribution in [1.82, 2.24) is 15.1 Å². The number of nitrogens with zero attached hydrogens (tertiary/aromatic N) is 2. The number of aryl methyl sites for hydroxylation is 1. The molecule has 124 valence electrons. The second kappa shape index (κ2) is 7.59. The third-order valence-electron chi connectivity index (χ3n) is 3.76. The van der Waals surface area contributed by atoms with Gasteiger partial charge in [-0.15, -0.1) is 12.4 Å². The van der Waals surface area contributed by atoms with Crippen molar-refractivity contribution < 1.29 is 9.53 Å². The number of nitrogens with one attached hydrogen (secondary N) is 2. The molecular weight excluding hydrogens is 316 g/mol. The monoisotopic (exact) mass is 336 g/mol. The molecule has 3 rings (SSSR count). The molecule has 1 saturated heterocycles. The van der Waals surface area contributed by atoms with Crippen LogP contribution in [0, 0.1) is 13.8 Å². The van der Waals surface area contributed by atoms with Crippen LogP contribution in [0.1, 0.15) is 11.4 Å². The first-order chi connectivity index (χ1) is 10.7. The zero-order chi connectivity index (χ0) is 15.5. The predicted molar refractivity (Wildman–Crippen MR) is 91.5 cm³/mol. The molecule has 0 bridgehead atoms. The third-order valence-corrected chi connectivity index (χ3v) is 3.76. The van der Waals surface area contributed by atoms with Gasteiger partial charge in [0.15, 0.2) is 0 Å². The van der Waals surface area contributed by atoms with Gasteiger partial charge in [0.25, 0.3) is 5.91 Å². The molecule has 2 aromatic rings. The zero-order valence-corrected chi connectivity index (χ0v) is 14.0. The van der Waals surface area contributed by atoms with E-state index in [1.165, 1.54) is 0 Å². The van der Waals surface area contributed by atoms with E-state index in [4.69, 9.17) is 4.74 Å². The van der Waals surface area contributed by atoms with Gasteiger partial charge >= 0.3 is 0 Å². The van der Waals surface area contributed by atoms with Crippen LogP contribution >= 0.6 is 12.4 Å². The number of anilines is 1. The van der Waals surface area contributed by atoms with Crippen LogP contribution in [0.25, 0.3) is 5.69 Å². The van der Waals surface area contributed by atoms with Crippen LogP contribution in [-0.4, -0.2) is 41.5 Å². The summed E-state index contributed by atoms with van der Waals surface area (Å²) in [7, 11) is 0. The highest BCUT2D eigenvalue weighted by Crippen LogP contribution is 2.23. The number of carbonyl (C=O) groups is 1. The zero-order valence-electron chi connectivity index (χ0n) is 13.2. The lowest BCUT2D eigenvalue weighted by molar-refractivity contribution is -0.128. The summed E-state index contributed by atoms with van der Waals surface area (Å²) < 4.78 is 7.32. The highest BCUT2D eigenvalue weighted by atomic mass is 35.5. The Morgan fingerprint density at radius 3 is 2.74 bits per heavy atom. The van der Waals surface area contributed by atoms with Gasteiger partial charge in [0, 0.05) is 13.1 Å². The average molecular weight is 337 g/mol. The van der Waals surface area contributed by atoms with Gasteiger partial charge in [-0.25, -0.2) is 4.68 Å². The van der Waals surface area contributed by atoms with Crippen LogP contribution in [0.2, 0.25) is 0 Å². The number of halogens is 1. The van der Waals surface area contributed by atoms with E-state index >= 15 is 0 Å². The number of morpholine rings is 1. The Bertz CT molecular complexity index is 666. The van der Waals surface area contributed by atoms with E-state index in [0.29, 0.717) is 13.2 Å². The van der Waals surface area contributed by atoms with Crippen molar-refractivity contribution in [2.45, 2.75) is 20.0 Å². The molecule has 1 aliphatic rings. The first-order valence-corrected chi connectivity index (χ1v) is 7.41. The number of hydrogen-bond donors (Lipinski definition) is 2. The molecule has 0 spiro atoms. The van der Waals surface area contributed by atoms with Gasteiger partial charge in [0.1, 0.15) is 6.10 Å². The highest BCUT2D eigenvalue weighted by Gasteiger charge is 2.24. The second-order valence-electron chi connectivity index (χ2n) is 5.35. The molecule has 1 fully saturated rings. The molecule has 1 atom stereocenters. The van der Waals surface area contributed by atoms with Gasteiger partial charge in [0.05, 0.1) is 29.4 Å². The summed E-state index contributed by atoms with van der Waals surface area (Å²) in [6.45, 7) is 5.72. The van der Waals surface area contributed by atoms with Crippen molar-refractivity contribution in [2.24, 2.45) is 0 Å². The van der Waals surface area contributed by atoms with Gasteiger partial charge in [-0.3, -0.25) is 4.79 Å². The number of rotatable bonds is 3. The molecule has 1 aromatic heterocycles. The maximum atomic E-state index is 12.3. The van der Waals surface area contributed by atoms with Crippen LogP contribution in [-0.2, 0) is 9.53 Å². The first kappa shape index (κ1) is 17.5. The molecule has 1 unspecified atom stereocenters. The van der Waals surface area contributed by atoms with E-state index in [9.17, 15) is 4.79 Å². The van der Waals surface area contributed by atoms with E-state index < -0.39 is 6.10 Å². The largest absolute Gasteiger partial charge is 0.366 e. The van der Waals surface area contributed by atoms with Crippen LogP contribution < -0.4 is 10.6 Å².